The second-order valence-electron chi connectivity index (χ2n) is 6.38. The summed E-state index contributed by atoms with van der Waals surface area (Å²) in [6, 6.07) is 11.6. The van der Waals surface area contributed by atoms with Crippen molar-refractivity contribution in [3.63, 3.8) is 0 Å². The Bertz CT molecular complexity index is 943. The molecule has 0 bridgehead atoms. The van der Waals surface area contributed by atoms with Crippen LogP contribution < -0.4 is 5.32 Å². The second-order valence-corrected chi connectivity index (χ2v) is 9.20. The molecule has 0 radical (unpaired) electrons. The molecule has 2 aromatic rings. The van der Waals surface area contributed by atoms with Crippen molar-refractivity contribution in [2.24, 2.45) is 0 Å². The van der Waals surface area contributed by atoms with Crippen LogP contribution in [0.5, 0.6) is 0 Å². The number of morpholine rings is 1. The van der Waals surface area contributed by atoms with Crippen LogP contribution in [-0.4, -0.2) is 44.9 Å². The molecule has 0 spiro atoms. The zero-order valence-electron chi connectivity index (χ0n) is 15.0. The van der Waals surface area contributed by atoms with Crippen molar-refractivity contribution in [1.29, 1.82) is 0 Å². The molecule has 1 heterocycles. The highest BCUT2D eigenvalue weighted by Crippen LogP contribution is 2.21. The van der Waals surface area contributed by atoms with Crippen molar-refractivity contribution >= 4 is 39.1 Å². The van der Waals surface area contributed by atoms with Gasteiger partial charge in [-0.25, -0.2) is 8.42 Å². The van der Waals surface area contributed by atoms with Crippen LogP contribution in [-0.2, 0) is 27.1 Å². The van der Waals surface area contributed by atoms with Crippen LogP contribution in [0.1, 0.15) is 21.5 Å². The van der Waals surface area contributed by atoms with Crippen molar-refractivity contribution in [2.45, 2.75) is 12.3 Å². The summed E-state index contributed by atoms with van der Waals surface area (Å²) in [5.41, 5.74) is 1.83. The van der Waals surface area contributed by atoms with Crippen molar-refractivity contribution < 1.29 is 17.9 Å². The van der Waals surface area contributed by atoms with Crippen molar-refractivity contribution in [3.05, 3.63) is 69.2 Å². The Labute approximate surface area is 174 Å². The SMILES string of the molecule is O=C(NCc1ccc(Cl)cc1Cl)c1ccc(CS(=O)(=O)N2CCOCC2)cc1. The fourth-order valence-electron chi connectivity index (χ4n) is 2.82. The third kappa shape index (κ3) is 5.46. The van der Waals surface area contributed by atoms with Gasteiger partial charge in [0.2, 0.25) is 10.0 Å². The number of benzene rings is 2. The Kier molecular flexibility index (Phi) is 6.95. The van der Waals surface area contributed by atoms with Crippen molar-refractivity contribution in [2.75, 3.05) is 26.3 Å². The largest absolute Gasteiger partial charge is 0.379 e. The first-order valence-corrected chi connectivity index (χ1v) is 11.1. The van der Waals surface area contributed by atoms with Gasteiger partial charge in [-0.3, -0.25) is 4.79 Å². The second kappa shape index (κ2) is 9.24. The lowest BCUT2D eigenvalue weighted by atomic mass is 10.1. The van der Waals surface area contributed by atoms with E-state index in [0.29, 0.717) is 47.5 Å². The van der Waals surface area contributed by atoms with Gasteiger partial charge in [0, 0.05) is 35.2 Å². The molecule has 1 fully saturated rings. The number of sulfonamides is 1. The lowest BCUT2D eigenvalue weighted by Gasteiger charge is -2.26. The number of nitrogens with one attached hydrogen (secondary N) is 1. The van der Waals surface area contributed by atoms with E-state index < -0.39 is 10.0 Å². The Morgan fingerprint density at radius 1 is 1.07 bits per heavy atom. The van der Waals surface area contributed by atoms with Crippen molar-refractivity contribution in [3.8, 4) is 0 Å². The highest BCUT2D eigenvalue weighted by molar-refractivity contribution is 7.88. The Morgan fingerprint density at radius 2 is 1.75 bits per heavy atom. The molecule has 1 aliphatic rings. The van der Waals surface area contributed by atoms with Gasteiger partial charge < -0.3 is 10.1 Å². The predicted octanol–water partition coefficient (Wildman–Crippen LogP) is 3.09. The molecule has 3 rings (SSSR count). The van der Waals surface area contributed by atoms with Gasteiger partial charge in [-0.05, 0) is 35.4 Å². The van der Waals surface area contributed by atoms with Gasteiger partial charge in [0.15, 0.2) is 0 Å². The normalized spacial score (nSPS) is 15.4. The van der Waals surface area contributed by atoms with Gasteiger partial charge in [-0.1, -0.05) is 41.4 Å². The topological polar surface area (TPSA) is 75.7 Å². The average molecular weight is 443 g/mol. The quantitative estimate of drug-likeness (QED) is 0.745. The third-order valence-corrected chi connectivity index (χ3v) is 6.82. The van der Waals surface area contributed by atoms with Crippen LogP contribution >= 0.6 is 23.2 Å². The lowest BCUT2D eigenvalue weighted by molar-refractivity contribution is 0.0729. The molecule has 0 atom stereocenters. The Balaban J connectivity index is 1.59. The number of rotatable bonds is 6. The van der Waals surface area contributed by atoms with Gasteiger partial charge in [0.1, 0.15) is 0 Å². The Morgan fingerprint density at radius 3 is 2.39 bits per heavy atom. The number of nitrogens with zero attached hydrogens (tertiary/aromatic N) is 1. The number of carbonyl (C=O) groups is 1. The summed E-state index contributed by atoms with van der Waals surface area (Å²) in [5, 5.41) is 3.80. The van der Waals surface area contributed by atoms with Gasteiger partial charge >= 0.3 is 0 Å². The fraction of sp³-hybridized carbons (Fsp3) is 0.316. The number of carbonyl (C=O) groups excluding carboxylic acids is 1. The van der Waals surface area contributed by atoms with E-state index in [0.717, 1.165) is 5.56 Å². The van der Waals surface area contributed by atoms with E-state index in [1.165, 1.54) is 4.31 Å². The van der Waals surface area contributed by atoms with E-state index in [-0.39, 0.29) is 18.2 Å². The molecule has 1 N–H and O–H groups in total. The molecule has 0 aliphatic carbocycles. The maximum absolute atomic E-state index is 12.5. The summed E-state index contributed by atoms with van der Waals surface area (Å²) < 4.78 is 31.5. The summed E-state index contributed by atoms with van der Waals surface area (Å²) in [4.78, 5) is 12.3. The van der Waals surface area contributed by atoms with E-state index >= 15 is 0 Å². The zero-order chi connectivity index (χ0) is 20.1. The Hall–Kier alpha value is -1.64. The maximum atomic E-state index is 12.5. The minimum atomic E-state index is -3.40. The summed E-state index contributed by atoms with van der Waals surface area (Å²) in [7, 11) is -3.40. The molecule has 1 saturated heterocycles. The van der Waals surface area contributed by atoms with Crippen molar-refractivity contribution in [1.82, 2.24) is 9.62 Å². The number of hydrogen-bond donors (Lipinski definition) is 1. The van der Waals surface area contributed by atoms with Gasteiger partial charge in [0.05, 0.1) is 19.0 Å². The smallest absolute Gasteiger partial charge is 0.251 e. The molecular weight excluding hydrogens is 423 g/mol. The number of halogens is 2. The van der Waals surface area contributed by atoms with Gasteiger partial charge in [-0.15, -0.1) is 0 Å². The summed E-state index contributed by atoms with van der Waals surface area (Å²) in [6.45, 7) is 1.83. The van der Waals surface area contributed by atoms with E-state index in [9.17, 15) is 13.2 Å². The zero-order valence-corrected chi connectivity index (χ0v) is 17.4. The molecule has 9 heteroatoms. The monoisotopic (exact) mass is 442 g/mol. The molecule has 2 aromatic carbocycles. The molecule has 0 aromatic heterocycles. The van der Waals surface area contributed by atoms with Gasteiger partial charge in [0.25, 0.3) is 5.91 Å². The minimum absolute atomic E-state index is 0.102. The maximum Gasteiger partial charge on any atom is 0.251 e. The first-order chi connectivity index (χ1) is 13.3. The van der Waals surface area contributed by atoms with Crippen LogP contribution in [0.25, 0.3) is 0 Å². The van der Waals surface area contributed by atoms with E-state index in [2.05, 4.69) is 5.32 Å². The van der Waals surface area contributed by atoms with Crippen LogP contribution in [0.3, 0.4) is 0 Å². The summed E-state index contributed by atoms with van der Waals surface area (Å²) in [6.07, 6.45) is 0. The van der Waals surface area contributed by atoms with Crippen LogP contribution in [0.2, 0.25) is 10.0 Å². The molecule has 150 valence electrons. The van der Waals surface area contributed by atoms with Gasteiger partial charge in [-0.2, -0.15) is 4.31 Å². The molecule has 1 amide bonds. The first-order valence-electron chi connectivity index (χ1n) is 8.72. The molecule has 0 saturated carbocycles. The highest BCUT2D eigenvalue weighted by atomic mass is 35.5. The standard InChI is InChI=1S/C19H20Cl2N2O4S/c20-17-6-5-16(18(21)11-17)12-22-19(24)15-3-1-14(2-4-15)13-28(25,26)23-7-9-27-10-8-23/h1-6,11H,7-10,12-13H2,(H,22,24). The molecule has 28 heavy (non-hydrogen) atoms. The summed E-state index contributed by atoms with van der Waals surface area (Å²) in [5.74, 6) is -0.372. The highest BCUT2D eigenvalue weighted by Gasteiger charge is 2.24. The molecule has 0 unspecified atom stereocenters. The van der Waals surface area contributed by atoms with E-state index in [4.69, 9.17) is 27.9 Å². The predicted molar refractivity (Wildman–Crippen MR) is 109 cm³/mol. The van der Waals surface area contributed by atoms with E-state index in [1.807, 2.05) is 0 Å². The average Bonchev–Trinajstić information content (AvgIpc) is 2.68. The van der Waals surface area contributed by atoms with Crippen LogP contribution in [0, 0.1) is 0 Å². The van der Waals surface area contributed by atoms with E-state index in [1.54, 1.807) is 42.5 Å². The number of amides is 1. The molecule has 1 aliphatic heterocycles. The van der Waals surface area contributed by atoms with Crippen LogP contribution in [0.4, 0.5) is 0 Å². The first kappa shape index (κ1) is 21.1. The fourth-order valence-corrected chi connectivity index (χ4v) is 4.80. The number of ether oxygens (including phenoxy) is 1. The molecule has 6 nitrogen and oxygen atoms in total. The number of hydrogen-bond acceptors (Lipinski definition) is 4. The molecular formula is C19H20Cl2N2O4S. The minimum Gasteiger partial charge on any atom is -0.379 e. The lowest BCUT2D eigenvalue weighted by Crippen LogP contribution is -2.41. The van der Waals surface area contributed by atoms with Crippen LogP contribution in [0.15, 0.2) is 42.5 Å². The third-order valence-electron chi connectivity index (χ3n) is 4.38. The summed E-state index contributed by atoms with van der Waals surface area (Å²) >= 11 is 12.0.